The van der Waals surface area contributed by atoms with E-state index in [0.29, 0.717) is 40.0 Å². The monoisotopic (exact) mass is 737 g/mol. The van der Waals surface area contributed by atoms with Gasteiger partial charge in [0.1, 0.15) is 29.1 Å². The molecule has 0 unspecified atom stereocenters. The highest BCUT2D eigenvalue weighted by Crippen LogP contribution is 2.31. The fraction of sp³-hybridized carbons (Fsp3) is 0.333. The van der Waals surface area contributed by atoms with Crippen LogP contribution in [0, 0.1) is 13.8 Å². The van der Waals surface area contributed by atoms with Crippen LogP contribution in [0.25, 0.3) is 22.1 Å². The zero-order valence-corrected chi connectivity index (χ0v) is 31.3. The van der Waals surface area contributed by atoms with Gasteiger partial charge in [-0.05, 0) is 61.6 Å². The largest absolute Gasteiger partial charge is 0.451 e. The number of hydrogen-bond acceptors (Lipinski definition) is 12. The molecule has 7 rings (SSSR count). The van der Waals surface area contributed by atoms with Gasteiger partial charge in [0, 0.05) is 49.2 Å². The first-order chi connectivity index (χ1) is 25.6. The molecule has 2 N–H and O–H groups in total. The molecule has 0 amide bonds. The summed E-state index contributed by atoms with van der Waals surface area (Å²) in [6, 6.07) is 19.2. The van der Waals surface area contributed by atoms with E-state index in [-0.39, 0.29) is 29.0 Å². The Balaban J connectivity index is 0.000000185. The summed E-state index contributed by atoms with van der Waals surface area (Å²) in [4.78, 5) is 47.6. The van der Waals surface area contributed by atoms with Crippen molar-refractivity contribution in [3.63, 3.8) is 0 Å². The molecule has 0 atom stereocenters. The molecule has 4 heterocycles. The summed E-state index contributed by atoms with van der Waals surface area (Å²) in [6.07, 6.45) is 9.12. The normalized spacial score (nSPS) is 13.8. The third-order valence-electron chi connectivity index (χ3n) is 9.54. The molecule has 1 fully saturated rings. The summed E-state index contributed by atoms with van der Waals surface area (Å²) in [5.74, 6) is 1.32. The molecule has 13 nitrogen and oxygen atoms in total. The molecule has 1 aliphatic carbocycles. The van der Waals surface area contributed by atoms with Crippen LogP contribution in [0.3, 0.4) is 0 Å². The van der Waals surface area contributed by atoms with E-state index in [2.05, 4.69) is 49.2 Å². The van der Waals surface area contributed by atoms with Gasteiger partial charge in [0.2, 0.25) is 11.1 Å². The van der Waals surface area contributed by atoms with Crippen LogP contribution < -0.4 is 21.2 Å². The number of nitrogens with zero attached hydrogens (tertiary/aromatic N) is 6. The highest BCUT2D eigenvalue weighted by molar-refractivity contribution is 7.94. The summed E-state index contributed by atoms with van der Waals surface area (Å²) < 4.78 is 13.5. The number of aryl methyl sites for hydroxylation is 4. The van der Waals surface area contributed by atoms with E-state index in [1.54, 1.807) is 37.1 Å². The molecule has 1 aliphatic rings. The second-order valence-corrected chi connectivity index (χ2v) is 13.9. The van der Waals surface area contributed by atoms with Crippen molar-refractivity contribution in [2.45, 2.75) is 63.1 Å². The quantitative estimate of drug-likeness (QED) is 0.0697. The van der Waals surface area contributed by atoms with Gasteiger partial charge in [0.25, 0.3) is 11.1 Å². The van der Waals surface area contributed by atoms with Gasteiger partial charge in [0.05, 0.1) is 19.3 Å². The third kappa shape index (κ3) is 8.57. The molecular weight excluding hydrogens is 695 g/mol. The minimum atomic E-state index is -0.366. The van der Waals surface area contributed by atoms with Gasteiger partial charge in [-0.1, -0.05) is 61.7 Å². The number of anilines is 1. The van der Waals surface area contributed by atoms with Crippen molar-refractivity contribution in [3.05, 3.63) is 116 Å². The molecule has 14 heteroatoms. The van der Waals surface area contributed by atoms with E-state index in [1.807, 2.05) is 49.4 Å². The number of pyridine rings is 2. The van der Waals surface area contributed by atoms with Gasteiger partial charge >= 0.3 is 0 Å². The lowest BCUT2D eigenvalue weighted by Crippen LogP contribution is -2.44. The standard InChI is InChI=1S/C23H28N4O2.C16H15N3O4S/c1-16-8-4-5-9-17(16)12-18-13-19-14-24-22(25-20(19)27(2)21(18)29)26-23(15-28)10-6-3-7-11-23;1-10-6-4-5-7-12(10)22-13-8-11-9-17-16(24-23-21-3)18-14(11)19(2)15(13)20/h4-5,8-9,13-14,28H,3,6-7,10-12,15H2,1-2H3,(H,24,25,26);4-9H,1-3H3. The lowest BCUT2D eigenvalue weighted by Gasteiger charge is -2.36. The minimum absolute atomic E-state index is 0.0417. The number of ether oxygens (including phenoxy) is 1. The van der Waals surface area contributed by atoms with Gasteiger partial charge in [0.15, 0.2) is 5.75 Å². The van der Waals surface area contributed by atoms with Crippen molar-refractivity contribution in [3.8, 4) is 11.5 Å². The Labute approximate surface area is 311 Å². The summed E-state index contributed by atoms with van der Waals surface area (Å²) in [7, 11) is 4.78. The highest BCUT2D eigenvalue weighted by atomic mass is 32.2. The molecule has 1 saturated carbocycles. The number of fused-ring (bicyclic) bond motifs is 2. The Morgan fingerprint density at radius 2 is 1.47 bits per heavy atom. The van der Waals surface area contributed by atoms with Crippen LogP contribution in [-0.4, -0.2) is 53.4 Å². The number of aliphatic hydroxyl groups excluding tert-OH is 1. The van der Waals surface area contributed by atoms with Crippen LogP contribution in [0.1, 0.15) is 54.4 Å². The van der Waals surface area contributed by atoms with Crippen molar-refractivity contribution in [2.75, 3.05) is 19.0 Å². The molecular formula is C39H43N7O6S. The Morgan fingerprint density at radius 1 is 0.811 bits per heavy atom. The number of rotatable bonds is 10. The van der Waals surface area contributed by atoms with Gasteiger partial charge in [-0.15, -0.1) is 0 Å². The zero-order valence-electron chi connectivity index (χ0n) is 30.5. The van der Waals surface area contributed by atoms with Gasteiger partial charge in [-0.25, -0.2) is 19.8 Å². The maximum atomic E-state index is 13.0. The van der Waals surface area contributed by atoms with Crippen molar-refractivity contribution >= 4 is 40.1 Å². The van der Waals surface area contributed by atoms with Crippen LogP contribution in [0.15, 0.2) is 87.8 Å². The first-order valence-corrected chi connectivity index (χ1v) is 18.1. The predicted molar refractivity (Wildman–Crippen MR) is 205 cm³/mol. The molecule has 4 aromatic heterocycles. The minimum Gasteiger partial charge on any atom is -0.451 e. The Bertz CT molecular complexity index is 2360. The number of benzene rings is 2. The number of hydrogen-bond donors (Lipinski definition) is 2. The predicted octanol–water partition coefficient (Wildman–Crippen LogP) is 6.35. The molecule has 0 radical (unpaired) electrons. The fourth-order valence-corrected chi connectivity index (χ4v) is 6.82. The van der Waals surface area contributed by atoms with Gasteiger partial charge < -0.3 is 15.2 Å². The topological polar surface area (TPSA) is 156 Å². The summed E-state index contributed by atoms with van der Waals surface area (Å²) in [5, 5.41) is 15.2. The van der Waals surface area contributed by atoms with Gasteiger partial charge in [-0.2, -0.15) is 9.32 Å². The maximum absolute atomic E-state index is 13.0. The summed E-state index contributed by atoms with van der Waals surface area (Å²) in [5.41, 5.74) is 4.39. The number of aromatic nitrogens is 6. The van der Waals surface area contributed by atoms with E-state index in [0.717, 1.165) is 59.8 Å². The van der Waals surface area contributed by atoms with Crippen LogP contribution in [0.5, 0.6) is 11.5 Å². The van der Waals surface area contributed by atoms with E-state index in [4.69, 9.17) is 9.07 Å². The van der Waals surface area contributed by atoms with Crippen LogP contribution in [-0.2, 0) is 29.7 Å². The molecule has 0 spiro atoms. The number of aliphatic hydroxyl groups is 1. The van der Waals surface area contributed by atoms with Crippen molar-refractivity contribution in [1.29, 1.82) is 0 Å². The van der Waals surface area contributed by atoms with Crippen LogP contribution >= 0.6 is 12.0 Å². The number of para-hydroxylation sites is 1. The van der Waals surface area contributed by atoms with E-state index in [9.17, 15) is 14.7 Å². The second kappa shape index (κ2) is 16.7. The SMILES string of the molecule is COOSc1ncc2cc(Oc3ccccc3C)c(=O)n(C)c2n1.Cc1ccccc1Cc1cc2cnc(NC3(CO)CCCCC3)nc2n(C)c1=O. The van der Waals surface area contributed by atoms with E-state index >= 15 is 0 Å². The Kier molecular flexibility index (Phi) is 11.8. The van der Waals surface area contributed by atoms with E-state index < -0.39 is 0 Å². The van der Waals surface area contributed by atoms with Crippen molar-refractivity contribution < 1.29 is 19.1 Å². The van der Waals surface area contributed by atoms with Crippen LogP contribution in [0.2, 0.25) is 0 Å². The second-order valence-electron chi connectivity index (χ2n) is 13.2. The Morgan fingerprint density at radius 3 is 2.19 bits per heavy atom. The lowest BCUT2D eigenvalue weighted by molar-refractivity contribution is -0.160. The lowest BCUT2D eigenvalue weighted by atomic mass is 9.82. The number of nitrogens with one attached hydrogen (secondary N) is 1. The van der Waals surface area contributed by atoms with Gasteiger partial charge in [-0.3, -0.25) is 18.7 Å². The third-order valence-corrected chi connectivity index (χ3v) is 10.1. The van der Waals surface area contributed by atoms with Crippen molar-refractivity contribution in [2.24, 2.45) is 14.1 Å². The molecule has 0 bridgehead atoms. The molecule has 276 valence electrons. The molecule has 53 heavy (non-hydrogen) atoms. The fourth-order valence-electron chi connectivity index (χ4n) is 6.47. The molecule has 0 aliphatic heterocycles. The van der Waals surface area contributed by atoms with Crippen LogP contribution in [0.4, 0.5) is 5.95 Å². The highest BCUT2D eigenvalue weighted by Gasteiger charge is 2.32. The maximum Gasteiger partial charge on any atom is 0.294 e. The molecule has 2 aromatic carbocycles. The first kappa shape index (κ1) is 37.6. The molecule has 0 saturated heterocycles. The first-order valence-electron chi connectivity index (χ1n) is 17.4. The summed E-state index contributed by atoms with van der Waals surface area (Å²) >= 11 is 0.868. The average molecular weight is 738 g/mol. The van der Waals surface area contributed by atoms with Crippen molar-refractivity contribution in [1.82, 2.24) is 29.1 Å². The summed E-state index contributed by atoms with van der Waals surface area (Å²) in [6.45, 7) is 4.04. The Hall–Kier alpha value is -5.15. The zero-order chi connectivity index (χ0) is 37.5. The smallest absolute Gasteiger partial charge is 0.294 e. The average Bonchev–Trinajstić information content (AvgIpc) is 3.17. The molecule has 6 aromatic rings. The van der Waals surface area contributed by atoms with E-state index in [1.165, 1.54) is 23.7 Å².